The predicted molar refractivity (Wildman–Crippen MR) is 68.1 cm³/mol. The van der Waals surface area contributed by atoms with Crippen molar-refractivity contribution in [1.29, 1.82) is 0 Å². The molecule has 1 aliphatic rings. The lowest BCUT2D eigenvalue weighted by Crippen LogP contribution is -2.55. The Labute approximate surface area is 107 Å². The SMILES string of the molecule is CC(C)NC(=O)C1COCCN1CCCN=[N+]=[N-]. The summed E-state index contributed by atoms with van der Waals surface area (Å²) < 4.78 is 5.36. The van der Waals surface area contributed by atoms with Crippen LogP contribution in [-0.2, 0) is 9.53 Å². The summed E-state index contributed by atoms with van der Waals surface area (Å²) in [4.78, 5) is 16.8. The Morgan fingerprint density at radius 2 is 2.44 bits per heavy atom. The molecule has 0 aromatic heterocycles. The standard InChI is InChI=1S/C11H21N5O2/c1-9(2)14-11(17)10-8-18-7-6-16(10)5-3-4-13-15-12/h9-10H,3-8H2,1-2H3,(H,14,17). The van der Waals surface area contributed by atoms with Gasteiger partial charge in [-0.05, 0) is 32.3 Å². The molecule has 1 rings (SSSR count). The Hall–Kier alpha value is -1.30. The summed E-state index contributed by atoms with van der Waals surface area (Å²) in [5, 5.41) is 6.40. The minimum Gasteiger partial charge on any atom is -0.378 e. The van der Waals surface area contributed by atoms with E-state index in [2.05, 4.69) is 20.2 Å². The average molecular weight is 255 g/mol. The lowest BCUT2D eigenvalue weighted by atomic mass is 10.2. The van der Waals surface area contributed by atoms with E-state index in [-0.39, 0.29) is 18.0 Å². The molecule has 1 heterocycles. The summed E-state index contributed by atoms with van der Waals surface area (Å²) in [6.45, 7) is 6.91. The van der Waals surface area contributed by atoms with Gasteiger partial charge in [-0.15, -0.1) is 0 Å². The number of hydrogen-bond acceptors (Lipinski definition) is 4. The fourth-order valence-electron chi connectivity index (χ4n) is 1.92. The van der Waals surface area contributed by atoms with E-state index in [1.807, 2.05) is 13.8 Å². The van der Waals surface area contributed by atoms with Crippen LogP contribution in [0.15, 0.2) is 5.11 Å². The molecule has 18 heavy (non-hydrogen) atoms. The maximum absolute atomic E-state index is 12.0. The van der Waals surface area contributed by atoms with Crippen molar-refractivity contribution >= 4 is 5.91 Å². The summed E-state index contributed by atoms with van der Waals surface area (Å²) in [6, 6.07) is -0.100. The monoisotopic (exact) mass is 255 g/mol. The van der Waals surface area contributed by atoms with E-state index in [1.54, 1.807) is 0 Å². The molecular weight excluding hydrogens is 234 g/mol. The van der Waals surface area contributed by atoms with Gasteiger partial charge in [-0.3, -0.25) is 9.69 Å². The number of morpholine rings is 1. The molecule has 1 N–H and O–H groups in total. The highest BCUT2D eigenvalue weighted by atomic mass is 16.5. The second kappa shape index (κ2) is 7.92. The predicted octanol–water partition coefficient (Wildman–Crippen LogP) is 0.912. The molecule has 0 saturated carbocycles. The second-order valence-corrected chi connectivity index (χ2v) is 4.60. The van der Waals surface area contributed by atoms with Crippen LogP contribution < -0.4 is 5.32 Å². The first-order chi connectivity index (χ1) is 8.65. The van der Waals surface area contributed by atoms with E-state index in [1.165, 1.54) is 0 Å². The smallest absolute Gasteiger partial charge is 0.239 e. The number of ether oxygens (including phenoxy) is 1. The number of carbonyl (C=O) groups is 1. The molecule has 0 aromatic carbocycles. The third kappa shape index (κ3) is 4.91. The largest absolute Gasteiger partial charge is 0.378 e. The molecule has 1 saturated heterocycles. The Balaban J connectivity index is 2.45. The lowest BCUT2D eigenvalue weighted by molar-refractivity contribution is -0.133. The maximum Gasteiger partial charge on any atom is 0.239 e. The molecule has 1 aliphatic heterocycles. The van der Waals surface area contributed by atoms with E-state index >= 15 is 0 Å². The maximum atomic E-state index is 12.0. The molecule has 0 radical (unpaired) electrons. The molecule has 1 atom stereocenters. The van der Waals surface area contributed by atoms with Crippen LogP contribution in [0, 0.1) is 0 Å². The fourth-order valence-corrected chi connectivity index (χ4v) is 1.92. The summed E-state index contributed by atoms with van der Waals surface area (Å²) in [5.41, 5.74) is 8.20. The van der Waals surface area contributed by atoms with Crippen molar-refractivity contribution in [2.75, 3.05) is 32.8 Å². The third-order valence-electron chi connectivity index (χ3n) is 2.74. The van der Waals surface area contributed by atoms with Gasteiger partial charge < -0.3 is 10.1 Å². The third-order valence-corrected chi connectivity index (χ3v) is 2.74. The van der Waals surface area contributed by atoms with Gasteiger partial charge in [-0.1, -0.05) is 5.11 Å². The number of carbonyl (C=O) groups excluding carboxylic acids is 1. The van der Waals surface area contributed by atoms with Gasteiger partial charge >= 0.3 is 0 Å². The Kier molecular flexibility index (Phi) is 6.49. The van der Waals surface area contributed by atoms with E-state index in [4.69, 9.17) is 10.3 Å². The van der Waals surface area contributed by atoms with Crippen LogP contribution in [0.2, 0.25) is 0 Å². The van der Waals surface area contributed by atoms with Gasteiger partial charge in [-0.25, -0.2) is 0 Å². The molecule has 7 heteroatoms. The summed E-state index contributed by atoms with van der Waals surface area (Å²) in [7, 11) is 0. The van der Waals surface area contributed by atoms with Gasteiger partial charge in [0, 0.05) is 24.0 Å². The van der Waals surface area contributed by atoms with E-state index in [0.717, 1.165) is 19.5 Å². The van der Waals surface area contributed by atoms with Crippen molar-refractivity contribution in [2.45, 2.75) is 32.4 Å². The molecule has 1 unspecified atom stereocenters. The van der Waals surface area contributed by atoms with Crippen molar-refractivity contribution in [2.24, 2.45) is 5.11 Å². The number of nitrogens with zero attached hydrogens (tertiary/aromatic N) is 4. The topological polar surface area (TPSA) is 90.3 Å². The first-order valence-electron chi connectivity index (χ1n) is 6.28. The number of amides is 1. The number of azide groups is 1. The molecule has 1 amide bonds. The van der Waals surface area contributed by atoms with Gasteiger partial charge in [0.1, 0.15) is 6.04 Å². The molecular formula is C11H21N5O2. The van der Waals surface area contributed by atoms with Crippen LogP contribution in [-0.4, -0.2) is 55.7 Å². The minimum absolute atomic E-state index is 0.00786. The lowest BCUT2D eigenvalue weighted by Gasteiger charge is -2.34. The van der Waals surface area contributed by atoms with E-state index < -0.39 is 0 Å². The number of rotatable bonds is 6. The van der Waals surface area contributed by atoms with Crippen LogP contribution in [0.4, 0.5) is 0 Å². The first-order valence-corrected chi connectivity index (χ1v) is 6.28. The quantitative estimate of drug-likeness (QED) is 0.331. The van der Waals surface area contributed by atoms with E-state index in [0.29, 0.717) is 19.8 Å². The number of hydrogen-bond donors (Lipinski definition) is 1. The molecule has 7 nitrogen and oxygen atoms in total. The molecule has 0 aliphatic carbocycles. The van der Waals surface area contributed by atoms with Crippen molar-refractivity contribution in [3.05, 3.63) is 10.4 Å². The van der Waals surface area contributed by atoms with Gasteiger partial charge in [0.25, 0.3) is 0 Å². The summed E-state index contributed by atoms with van der Waals surface area (Å²) >= 11 is 0. The second-order valence-electron chi connectivity index (χ2n) is 4.60. The zero-order valence-electron chi connectivity index (χ0n) is 11.0. The van der Waals surface area contributed by atoms with E-state index in [9.17, 15) is 4.79 Å². The summed E-state index contributed by atoms with van der Waals surface area (Å²) in [6.07, 6.45) is 0.759. The molecule has 1 fully saturated rings. The van der Waals surface area contributed by atoms with Crippen LogP contribution in [0.3, 0.4) is 0 Å². The van der Waals surface area contributed by atoms with Gasteiger partial charge in [0.05, 0.1) is 13.2 Å². The van der Waals surface area contributed by atoms with Crippen molar-refractivity contribution in [3.63, 3.8) is 0 Å². The Morgan fingerprint density at radius 1 is 1.67 bits per heavy atom. The molecule has 0 aromatic rings. The van der Waals surface area contributed by atoms with Crippen LogP contribution in [0.1, 0.15) is 20.3 Å². The summed E-state index contributed by atoms with van der Waals surface area (Å²) in [5.74, 6) is 0.00786. The fraction of sp³-hybridized carbons (Fsp3) is 0.909. The zero-order chi connectivity index (χ0) is 13.4. The van der Waals surface area contributed by atoms with Crippen molar-refractivity contribution in [1.82, 2.24) is 10.2 Å². The van der Waals surface area contributed by atoms with Crippen LogP contribution >= 0.6 is 0 Å². The normalized spacial score (nSPS) is 20.5. The first kappa shape index (κ1) is 14.8. The van der Waals surface area contributed by atoms with Crippen LogP contribution in [0.5, 0.6) is 0 Å². The molecule has 102 valence electrons. The molecule has 0 bridgehead atoms. The average Bonchev–Trinajstić information content (AvgIpc) is 2.34. The Morgan fingerprint density at radius 3 is 3.11 bits per heavy atom. The van der Waals surface area contributed by atoms with Gasteiger partial charge in [0.2, 0.25) is 5.91 Å². The van der Waals surface area contributed by atoms with Crippen molar-refractivity contribution < 1.29 is 9.53 Å². The molecule has 0 spiro atoms. The van der Waals surface area contributed by atoms with Crippen molar-refractivity contribution in [3.8, 4) is 0 Å². The highest BCUT2D eigenvalue weighted by Gasteiger charge is 2.28. The number of nitrogens with one attached hydrogen (secondary N) is 1. The zero-order valence-corrected chi connectivity index (χ0v) is 11.0. The van der Waals surface area contributed by atoms with Gasteiger partial charge in [-0.2, -0.15) is 0 Å². The van der Waals surface area contributed by atoms with Gasteiger partial charge in [0.15, 0.2) is 0 Å². The minimum atomic E-state index is -0.229. The van der Waals surface area contributed by atoms with Crippen LogP contribution in [0.25, 0.3) is 10.4 Å². The Bertz CT molecular complexity index is 315. The highest BCUT2D eigenvalue weighted by Crippen LogP contribution is 2.08. The highest BCUT2D eigenvalue weighted by molar-refractivity contribution is 5.82.